The van der Waals surface area contributed by atoms with Crippen LogP contribution in [0.5, 0.6) is 0 Å². The summed E-state index contributed by atoms with van der Waals surface area (Å²) in [6.07, 6.45) is 2.83. The van der Waals surface area contributed by atoms with E-state index in [0.29, 0.717) is 12.8 Å². The summed E-state index contributed by atoms with van der Waals surface area (Å²) in [5, 5.41) is 24.2. The molecule has 31 heavy (non-hydrogen) atoms. The van der Waals surface area contributed by atoms with Crippen molar-refractivity contribution >= 4 is 23.8 Å². The first-order chi connectivity index (χ1) is 14.7. The van der Waals surface area contributed by atoms with Crippen LogP contribution in [0.4, 0.5) is 0 Å². The zero-order valence-corrected chi connectivity index (χ0v) is 18.0. The van der Waals surface area contributed by atoms with Gasteiger partial charge in [-0.2, -0.15) is 0 Å². The van der Waals surface area contributed by atoms with Gasteiger partial charge in [-0.1, -0.05) is 57.0 Å². The van der Waals surface area contributed by atoms with E-state index in [1.165, 1.54) is 0 Å². The standard InChI is InChI=1S/C23H32N2O6/c1-14(2)12-19(23(30)31)25-21(27)18(13-15-8-4-3-5-9-15)24-20(26)16-10-6-7-11-17(16)22(28)29/h3-5,8-9,14,16-19H,6-7,10-13H2,1-2H3,(H,24,26)(H,25,27)(H,28,29)(H,30,31)/t16?,17?,18-,19-/m0/s1. The van der Waals surface area contributed by atoms with E-state index in [2.05, 4.69) is 10.6 Å². The predicted molar refractivity (Wildman–Crippen MR) is 114 cm³/mol. The molecule has 8 nitrogen and oxygen atoms in total. The molecule has 2 rings (SSSR count). The number of carboxylic acids is 2. The molecule has 0 spiro atoms. The van der Waals surface area contributed by atoms with Crippen LogP contribution in [-0.4, -0.2) is 46.0 Å². The van der Waals surface area contributed by atoms with Crippen LogP contribution in [0.25, 0.3) is 0 Å². The fourth-order valence-electron chi connectivity index (χ4n) is 4.04. The summed E-state index contributed by atoms with van der Waals surface area (Å²) in [5.41, 5.74) is 0.803. The van der Waals surface area contributed by atoms with E-state index in [0.717, 1.165) is 18.4 Å². The Balaban J connectivity index is 2.19. The highest BCUT2D eigenvalue weighted by Gasteiger charge is 2.37. The number of benzene rings is 1. The van der Waals surface area contributed by atoms with Gasteiger partial charge in [0.15, 0.2) is 0 Å². The molecule has 1 aliphatic rings. The van der Waals surface area contributed by atoms with Crippen molar-refractivity contribution in [2.75, 3.05) is 0 Å². The number of rotatable bonds is 10. The summed E-state index contributed by atoms with van der Waals surface area (Å²) < 4.78 is 0. The van der Waals surface area contributed by atoms with Gasteiger partial charge in [0.05, 0.1) is 11.8 Å². The third-order valence-corrected chi connectivity index (χ3v) is 5.66. The molecule has 2 unspecified atom stereocenters. The van der Waals surface area contributed by atoms with E-state index >= 15 is 0 Å². The molecule has 4 N–H and O–H groups in total. The minimum atomic E-state index is -1.13. The van der Waals surface area contributed by atoms with Crippen molar-refractivity contribution < 1.29 is 29.4 Å². The normalized spacial score (nSPS) is 20.5. The number of aliphatic carboxylic acids is 2. The lowest BCUT2D eigenvalue weighted by Crippen LogP contribution is -2.54. The van der Waals surface area contributed by atoms with Crippen LogP contribution in [0.2, 0.25) is 0 Å². The molecule has 0 bridgehead atoms. The molecule has 8 heteroatoms. The van der Waals surface area contributed by atoms with E-state index < -0.39 is 47.7 Å². The summed E-state index contributed by atoms with van der Waals surface area (Å²) in [4.78, 5) is 49.1. The van der Waals surface area contributed by atoms with Crippen molar-refractivity contribution in [3.63, 3.8) is 0 Å². The Kier molecular flexibility index (Phi) is 9.03. The smallest absolute Gasteiger partial charge is 0.326 e. The lowest BCUT2D eigenvalue weighted by atomic mass is 9.78. The fraction of sp³-hybridized carbons (Fsp3) is 0.565. The SMILES string of the molecule is CC(C)C[C@H](NC(=O)[C@H](Cc1ccccc1)NC(=O)C1CCCCC1C(=O)O)C(=O)O. The molecule has 170 valence electrons. The summed E-state index contributed by atoms with van der Waals surface area (Å²) >= 11 is 0. The molecule has 0 radical (unpaired) electrons. The molecule has 1 aromatic rings. The fourth-order valence-corrected chi connectivity index (χ4v) is 4.04. The Morgan fingerprint density at radius 1 is 0.935 bits per heavy atom. The second kappa shape index (κ2) is 11.5. The van der Waals surface area contributed by atoms with Crippen molar-refractivity contribution in [3.05, 3.63) is 35.9 Å². The highest BCUT2D eigenvalue weighted by Crippen LogP contribution is 2.30. The zero-order chi connectivity index (χ0) is 23.0. The van der Waals surface area contributed by atoms with Crippen molar-refractivity contribution in [2.24, 2.45) is 17.8 Å². The Bertz CT molecular complexity index is 780. The van der Waals surface area contributed by atoms with E-state index in [-0.39, 0.29) is 18.8 Å². The molecule has 2 amide bonds. The highest BCUT2D eigenvalue weighted by atomic mass is 16.4. The Morgan fingerprint density at radius 2 is 1.55 bits per heavy atom. The first-order valence-electron chi connectivity index (χ1n) is 10.8. The second-order valence-corrected chi connectivity index (χ2v) is 8.62. The zero-order valence-electron chi connectivity index (χ0n) is 18.0. The van der Waals surface area contributed by atoms with Crippen LogP contribution in [-0.2, 0) is 25.6 Å². The number of carbonyl (C=O) groups is 4. The van der Waals surface area contributed by atoms with E-state index in [4.69, 9.17) is 0 Å². The van der Waals surface area contributed by atoms with Gasteiger partial charge >= 0.3 is 11.9 Å². The number of nitrogens with one attached hydrogen (secondary N) is 2. The Morgan fingerprint density at radius 3 is 2.10 bits per heavy atom. The first kappa shape index (κ1) is 24.4. The molecule has 0 aromatic heterocycles. The second-order valence-electron chi connectivity index (χ2n) is 8.62. The monoisotopic (exact) mass is 432 g/mol. The summed E-state index contributed by atoms with van der Waals surface area (Å²) in [7, 11) is 0. The molecule has 1 aliphatic carbocycles. The molecule has 0 heterocycles. The van der Waals surface area contributed by atoms with Crippen LogP contribution in [0.3, 0.4) is 0 Å². The Labute approximate surface area is 182 Å². The third kappa shape index (κ3) is 7.38. The lowest BCUT2D eigenvalue weighted by molar-refractivity contribution is -0.149. The van der Waals surface area contributed by atoms with Gasteiger partial charge in [0.2, 0.25) is 11.8 Å². The van der Waals surface area contributed by atoms with Crippen LogP contribution in [0.1, 0.15) is 51.5 Å². The van der Waals surface area contributed by atoms with Gasteiger partial charge in [-0.15, -0.1) is 0 Å². The van der Waals surface area contributed by atoms with E-state index in [1.54, 1.807) is 0 Å². The van der Waals surface area contributed by atoms with Gasteiger partial charge in [0.1, 0.15) is 12.1 Å². The van der Waals surface area contributed by atoms with Crippen molar-refractivity contribution in [1.82, 2.24) is 10.6 Å². The summed E-state index contributed by atoms with van der Waals surface area (Å²) in [6, 6.07) is 7.02. The maximum Gasteiger partial charge on any atom is 0.326 e. The number of hydrogen-bond acceptors (Lipinski definition) is 4. The first-order valence-corrected chi connectivity index (χ1v) is 10.8. The quantitative estimate of drug-likeness (QED) is 0.448. The summed E-state index contributed by atoms with van der Waals surface area (Å²) in [5.74, 6) is -4.63. The topological polar surface area (TPSA) is 133 Å². The van der Waals surface area contributed by atoms with Crippen LogP contribution in [0.15, 0.2) is 30.3 Å². The van der Waals surface area contributed by atoms with Gasteiger partial charge in [-0.05, 0) is 30.7 Å². The average Bonchev–Trinajstić information content (AvgIpc) is 2.73. The maximum absolute atomic E-state index is 13.0. The number of hydrogen-bond donors (Lipinski definition) is 4. The minimum Gasteiger partial charge on any atom is -0.481 e. The molecule has 1 fully saturated rings. The average molecular weight is 433 g/mol. The summed E-state index contributed by atoms with van der Waals surface area (Å²) in [6.45, 7) is 3.72. The van der Waals surface area contributed by atoms with Crippen molar-refractivity contribution in [1.29, 1.82) is 0 Å². The van der Waals surface area contributed by atoms with Crippen LogP contribution < -0.4 is 10.6 Å². The molecule has 0 saturated heterocycles. The molecule has 4 atom stereocenters. The lowest BCUT2D eigenvalue weighted by Gasteiger charge is -2.29. The van der Waals surface area contributed by atoms with Gasteiger partial charge in [0, 0.05) is 6.42 Å². The Hall–Kier alpha value is -2.90. The van der Waals surface area contributed by atoms with Gasteiger partial charge in [-0.25, -0.2) is 4.79 Å². The molecule has 1 saturated carbocycles. The van der Waals surface area contributed by atoms with E-state index in [9.17, 15) is 29.4 Å². The van der Waals surface area contributed by atoms with Crippen LogP contribution >= 0.6 is 0 Å². The number of carbonyl (C=O) groups excluding carboxylic acids is 2. The molecular weight excluding hydrogens is 400 g/mol. The molecular formula is C23H32N2O6. The van der Waals surface area contributed by atoms with Crippen LogP contribution in [0, 0.1) is 17.8 Å². The largest absolute Gasteiger partial charge is 0.481 e. The van der Waals surface area contributed by atoms with Gasteiger partial charge in [0.25, 0.3) is 0 Å². The number of amides is 2. The van der Waals surface area contributed by atoms with Crippen molar-refractivity contribution in [2.45, 2.75) is 64.5 Å². The van der Waals surface area contributed by atoms with Gasteiger partial charge < -0.3 is 20.8 Å². The maximum atomic E-state index is 13.0. The predicted octanol–water partition coefficient (Wildman–Crippen LogP) is 2.22. The van der Waals surface area contributed by atoms with E-state index in [1.807, 2.05) is 44.2 Å². The highest BCUT2D eigenvalue weighted by molar-refractivity contribution is 5.92. The molecule has 0 aliphatic heterocycles. The minimum absolute atomic E-state index is 0.0575. The van der Waals surface area contributed by atoms with Crippen molar-refractivity contribution in [3.8, 4) is 0 Å². The third-order valence-electron chi connectivity index (χ3n) is 5.66. The number of carboxylic acid groups (broad SMARTS) is 2. The molecule has 1 aromatic carbocycles. The van der Waals surface area contributed by atoms with Gasteiger partial charge in [-0.3, -0.25) is 14.4 Å².